The van der Waals surface area contributed by atoms with Crippen LogP contribution in [0.15, 0.2) is 66.7 Å². The van der Waals surface area contributed by atoms with E-state index < -0.39 is 18.1 Å². The largest absolute Gasteiger partial charge is 0.490 e. The van der Waals surface area contributed by atoms with Crippen LogP contribution in [0.2, 0.25) is 10.0 Å². The monoisotopic (exact) mass is 541 g/mol. The van der Waals surface area contributed by atoms with Crippen LogP contribution >= 0.6 is 23.2 Å². The van der Waals surface area contributed by atoms with Gasteiger partial charge >= 0.3 is 18.1 Å². The third-order valence-corrected chi connectivity index (χ3v) is 5.95. The number of ether oxygens (including phenoxy) is 1. The molecule has 0 aliphatic heterocycles. The van der Waals surface area contributed by atoms with Crippen molar-refractivity contribution in [1.29, 1.82) is 0 Å². The van der Waals surface area contributed by atoms with Crippen molar-refractivity contribution in [3.8, 4) is 11.5 Å². The van der Waals surface area contributed by atoms with E-state index in [1.54, 1.807) is 18.2 Å². The predicted octanol–water partition coefficient (Wildman–Crippen LogP) is 7.22. The fourth-order valence-corrected chi connectivity index (χ4v) is 3.57. The highest BCUT2D eigenvalue weighted by Gasteiger charge is 2.44. The van der Waals surface area contributed by atoms with Crippen molar-refractivity contribution in [1.82, 2.24) is 0 Å². The summed E-state index contributed by atoms with van der Waals surface area (Å²) in [5.74, 6) is -2.21. The Morgan fingerprint density at radius 2 is 1.58 bits per heavy atom. The van der Waals surface area contributed by atoms with Gasteiger partial charge in [0.05, 0.1) is 16.0 Å². The second kappa shape index (κ2) is 11.5. The molecular weight excluding hydrogens is 522 g/mol. The number of carboxylic acid groups (broad SMARTS) is 2. The molecule has 0 heterocycles. The van der Waals surface area contributed by atoms with Crippen molar-refractivity contribution in [2.75, 3.05) is 5.32 Å². The van der Waals surface area contributed by atoms with E-state index in [4.69, 9.17) is 42.9 Å². The summed E-state index contributed by atoms with van der Waals surface area (Å²) in [4.78, 5) is 19.9. The molecule has 1 saturated carbocycles. The van der Waals surface area contributed by atoms with Gasteiger partial charge in [-0.1, -0.05) is 47.5 Å². The molecule has 2 atom stereocenters. The number of hydrogen-bond donors (Lipinski definition) is 3. The van der Waals surface area contributed by atoms with E-state index >= 15 is 0 Å². The van der Waals surface area contributed by atoms with Crippen molar-refractivity contribution in [2.24, 2.45) is 5.92 Å². The van der Waals surface area contributed by atoms with Gasteiger partial charge < -0.3 is 20.3 Å². The van der Waals surface area contributed by atoms with E-state index in [9.17, 15) is 18.0 Å². The number of carboxylic acids is 2. The van der Waals surface area contributed by atoms with E-state index in [1.165, 1.54) is 0 Å². The van der Waals surface area contributed by atoms with Gasteiger partial charge in [0, 0.05) is 18.3 Å². The van der Waals surface area contributed by atoms with Gasteiger partial charge in [-0.15, -0.1) is 0 Å². The standard InChI is InChI=1S/C23H19Cl2NO3.C2HF3O2/c24-21-9-8-18(11-22(21)25)29-17-3-1-2-14(10-17)13-26-16-6-4-15(5-7-16)19-12-20(19)23(27)28;3-2(4,5)1(6)7/h1-11,19-20,26H,12-13H2,(H,27,28);(H,6,7). The van der Waals surface area contributed by atoms with Crippen LogP contribution < -0.4 is 10.1 Å². The molecule has 3 N–H and O–H groups in total. The number of halogens is 5. The Balaban J connectivity index is 0.000000454. The fraction of sp³-hybridized carbons (Fsp3) is 0.200. The van der Waals surface area contributed by atoms with Crippen molar-refractivity contribution < 1.29 is 37.7 Å². The first-order chi connectivity index (χ1) is 16.9. The van der Waals surface area contributed by atoms with E-state index in [-0.39, 0.29) is 11.8 Å². The van der Waals surface area contributed by atoms with Crippen molar-refractivity contribution in [3.63, 3.8) is 0 Å². The summed E-state index contributed by atoms with van der Waals surface area (Å²) < 4.78 is 37.6. The molecule has 190 valence electrons. The van der Waals surface area contributed by atoms with Gasteiger partial charge in [-0.2, -0.15) is 13.2 Å². The molecule has 0 saturated heterocycles. The lowest BCUT2D eigenvalue weighted by molar-refractivity contribution is -0.192. The van der Waals surface area contributed by atoms with Crippen molar-refractivity contribution in [2.45, 2.75) is 25.1 Å². The minimum absolute atomic E-state index is 0.150. The van der Waals surface area contributed by atoms with Crippen LogP contribution in [0.25, 0.3) is 0 Å². The van der Waals surface area contributed by atoms with Crippen LogP contribution in [0.4, 0.5) is 18.9 Å². The van der Waals surface area contributed by atoms with E-state index in [0.717, 1.165) is 23.2 Å². The average Bonchev–Trinajstić information content (AvgIpc) is 3.62. The normalized spacial score (nSPS) is 16.4. The first-order valence-corrected chi connectivity index (χ1v) is 11.3. The fourth-order valence-electron chi connectivity index (χ4n) is 3.28. The smallest absolute Gasteiger partial charge is 0.481 e. The van der Waals surface area contributed by atoms with Gasteiger partial charge in [0.1, 0.15) is 11.5 Å². The molecule has 0 amide bonds. The summed E-state index contributed by atoms with van der Waals surface area (Å²) in [7, 11) is 0. The molecule has 0 bridgehead atoms. The van der Waals surface area contributed by atoms with Crippen LogP contribution in [0.3, 0.4) is 0 Å². The van der Waals surface area contributed by atoms with Gasteiger partial charge in [0.25, 0.3) is 0 Å². The maximum atomic E-state index is 11.0. The Kier molecular flexibility index (Phi) is 8.70. The average molecular weight is 542 g/mol. The number of aliphatic carboxylic acids is 2. The zero-order chi connectivity index (χ0) is 26.5. The van der Waals surface area contributed by atoms with Crippen LogP contribution in [-0.4, -0.2) is 28.3 Å². The van der Waals surface area contributed by atoms with Crippen LogP contribution in [0.5, 0.6) is 11.5 Å². The van der Waals surface area contributed by atoms with Gasteiger partial charge in [-0.05, 0) is 59.9 Å². The molecule has 6 nitrogen and oxygen atoms in total. The zero-order valence-corrected chi connectivity index (χ0v) is 19.9. The van der Waals surface area contributed by atoms with Gasteiger partial charge in [0.2, 0.25) is 0 Å². The summed E-state index contributed by atoms with van der Waals surface area (Å²) in [6.45, 7) is 0.638. The van der Waals surface area contributed by atoms with Crippen LogP contribution in [0, 0.1) is 5.92 Å². The first kappa shape index (κ1) is 27.2. The van der Waals surface area contributed by atoms with E-state index in [1.807, 2.05) is 48.5 Å². The number of anilines is 1. The SMILES string of the molecule is O=C(O)C(F)(F)F.O=C(O)C1CC1c1ccc(NCc2cccc(Oc3ccc(Cl)c(Cl)c3)c2)cc1. The lowest BCUT2D eigenvalue weighted by Gasteiger charge is -2.10. The molecule has 36 heavy (non-hydrogen) atoms. The van der Waals surface area contributed by atoms with Crippen LogP contribution in [-0.2, 0) is 16.1 Å². The Bertz CT molecular complexity index is 1240. The molecule has 0 spiro atoms. The lowest BCUT2D eigenvalue weighted by Crippen LogP contribution is -2.21. The quantitative estimate of drug-likeness (QED) is 0.292. The predicted molar refractivity (Wildman–Crippen MR) is 129 cm³/mol. The third-order valence-electron chi connectivity index (χ3n) is 5.21. The van der Waals surface area contributed by atoms with E-state index in [2.05, 4.69) is 5.32 Å². The number of benzene rings is 3. The number of rotatable bonds is 7. The van der Waals surface area contributed by atoms with Gasteiger partial charge in [-0.3, -0.25) is 4.79 Å². The summed E-state index contributed by atoms with van der Waals surface area (Å²) in [5.41, 5.74) is 3.14. The lowest BCUT2D eigenvalue weighted by atomic mass is 10.1. The van der Waals surface area contributed by atoms with Crippen LogP contribution in [0.1, 0.15) is 23.5 Å². The Hall–Kier alpha value is -3.43. The summed E-state index contributed by atoms with van der Waals surface area (Å²) in [5, 5.41) is 20.5. The maximum absolute atomic E-state index is 11.0. The van der Waals surface area contributed by atoms with E-state index in [0.29, 0.717) is 28.1 Å². The minimum Gasteiger partial charge on any atom is -0.481 e. The van der Waals surface area contributed by atoms with Gasteiger partial charge in [-0.25, -0.2) is 4.79 Å². The molecule has 2 unspecified atom stereocenters. The molecule has 1 fully saturated rings. The molecule has 11 heteroatoms. The number of nitrogens with one attached hydrogen (secondary N) is 1. The molecule has 3 aromatic rings. The van der Waals surface area contributed by atoms with Crippen molar-refractivity contribution in [3.05, 3.63) is 87.9 Å². The highest BCUT2D eigenvalue weighted by molar-refractivity contribution is 6.42. The highest BCUT2D eigenvalue weighted by Crippen LogP contribution is 2.47. The minimum atomic E-state index is -5.08. The molecular formula is C25H20Cl2F3NO5. The number of hydrogen-bond acceptors (Lipinski definition) is 4. The second-order valence-corrected chi connectivity index (χ2v) is 8.71. The molecule has 3 aromatic carbocycles. The Morgan fingerprint density at radius 1 is 0.944 bits per heavy atom. The molecule has 1 aliphatic rings. The summed E-state index contributed by atoms with van der Waals surface area (Å²) >= 11 is 12.0. The van der Waals surface area contributed by atoms with Gasteiger partial charge in [0.15, 0.2) is 0 Å². The number of carbonyl (C=O) groups is 2. The molecule has 0 aromatic heterocycles. The maximum Gasteiger partial charge on any atom is 0.490 e. The molecule has 1 aliphatic carbocycles. The van der Waals surface area contributed by atoms with Crippen molar-refractivity contribution >= 4 is 40.8 Å². The second-order valence-electron chi connectivity index (χ2n) is 7.89. The number of alkyl halides is 3. The summed E-state index contributed by atoms with van der Waals surface area (Å²) in [6.07, 6.45) is -4.35. The molecule has 0 radical (unpaired) electrons. The highest BCUT2D eigenvalue weighted by atomic mass is 35.5. The first-order valence-electron chi connectivity index (χ1n) is 10.5. The topological polar surface area (TPSA) is 95.9 Å². The summed E-state index contributed by atoms with van der Waals surface area (Å²) in [6, 6.07) is 20.9. The Labute approximate surface area is 214 Å². The Morgan fingerprint density at radius 3 is 2.14 bits per heavy atom. The molecule has 4 rings (SSSR count). The third kappa shape index (κ3) is 7.79. The zero-order valence-electron chi connectivity index (χ0n) is 18.4.